The van der Waals surface area contributed by atoms with Gasteiger partial charge in [-0.3, -0.25) is 10.0 Å². The average molecular weight is 435 g/mol. The first-order chi connectivity index (χ1) is 14.3. The molecule has 0 aliphatic rings. The van der Waals surface area contributed by atoms with Gasteiger partial charge in [-0.25, -0.2) is 14.3 Å². The van der Waals surface area contributed by atoms with E-state index < -0.39 is 22.2 Å². The van der Waals surface area contributed by atoms with Crippen LogP contribution in [0.1, 0.15) is 5.56 Å². The Labute approximate surface area is 172 Å². The van der Waals surface area contributed by atoms with Crippen LogP contribution in [0.3, 0.4) is 0 Å². The van der Waals surface area contributed by atoms with Gasteiger partial charge in [-0.2, -0.15) is 18.4 Å². The third kappa shape index (κ3) is 6.53. The molecule has 0 saturated carbocycles. The van der Waals surface area contributed by atoms with Crippen LogP contribution in [0, 0.1) is 11.8 Å². The molecule has 0 aliphatic heterocycles. The van der Waals surface area contributed by atoms with Gasteiger partial charge in [0.2, 0.25) is 17.7 Å². The van der Waals surface area contributed by atoms with Crippen molar-refractivity contribution in [3.63, 3.8) is 0 Å². The molecule has 13 heteroatoms. The van der Waals surface area contributed by atoms with E-state index in [-0.39, 0.29) is 29.0 Å². The van der Waals surface area contributed by atoms with Gasteiger partial charge in [-0.1, -0.05) is 18.1 Å². The van der Waals surface area contributed by atoms with Gasteiger partial charge in [0.1, 0.15) is 0 Å². The van der Waals surface area contributed by atoms with Crippen molar-refractivity contribution in [3.05, 3.63) is 35.9 Å². The Morgan fingerprint density at radius 2 is 1.67 bits per heavy atom. The zero-order valence-corrected chi connectivity index (χ0v) is 16.9. The molecule has 0 fully saturated rings. The van der Waals surface area contributed by atoms with Crippen molar-refractivity contribution in [2.24, 2.45) is 0 Å². The van der Waals surface area contributed by atoms with Gasteiger partial charge in [-0.05, 0) is 12.1 Å². The van der Waals surface area contributed by atoms with E-state index in [0.29, 0.717) is 0 Å². The molecule has 30 heavy (non-hydrogen) atoms. The molecule has 2 aromatic rings. The monoisotopic (exact) mass is 435 g/mol. The minimum absolute atomic E-state index is 0.0357. The molecule has 1 heterocycles. The van der Waals surface area contributed by atoms with Crippen LogP contribution in [-0.4, -0.2) is 51.7 Å². The van der Waals surface area contributed by atoms with Crippen LogP contribution in [0.5, 0.6) is 11.8 Å². The Morgan fingerprint density at radius 1 is 1.03 bits per heavy atom. The van der Waals surface area contributed by atoms with E-state index in [1.807, 2.05) is 0 Å². The number of para-hydroxylation sites is 1. The molecule has 0 unspecified atom stereocenters. The lowest BCUT2D eigenvalue weighted by Gasteiger charge is -2.11. The van der Waals surface area contributed by atoms with E-state index in [9.17, 15) is 18.0 Å². The number of esters is 1. The number of rotatable bonds is 6. The summed E-state index contributed by atoms with van der Waals surface area (Å²) < 4.78 is 42.7. The maximum Gasteiger partial charge on any atom is 0.384 e. The molecule has 158 valence electrons. The third-order valence-corrected chi connectivity index (χ3v) is 4.15. The molecular formula is C17H17N5O7S. The van der Waals surface area contributed by atoms with Crippen LogP contribution in [0.4, 0.5) is 16.4 Å². The number of anilines is 2. The second-order valence-corrected chi connectivity index (χ2v) is 6.64. The van der Waals surface area contributed by atoms with E-state index in [1.54, 1.807) is 10.8 Å². The minimum atomic E-state index is -4.37. The topological polar surface area (TPSA) is 158 Å². The quantitative estimate of drug-likeness (QED) is 0.434. The van der Waals surface area contributed by atoms with Crippen LogP contribution in [0.2, 0.25) is 0 Å². The molecular weight excluding hydrogens is 418 g/mol. The Hall–Kier alpha value is -4.05. The fourth-order valence-electron chi connectivity index (χ4n) is 1.94. The maximum atomic E-state index is 12.3. The Kier molecular flexibility index (Phi) is 7.37. The molecule has 0 saturated heterocycles. The van der Waals surface area contributed by atoms with Crippen molar-refractivity contribution in [1.82, 2.24) is 14.7 Å². The second-order valence-electron chi connectivity index (χ2n) is 5.23. The number of aromatic nitrogens is 2. The summed E-state index contributed by atoms with van der Waals surface area (Å²) in [6.07, 6.45) is 0. The van der Waals surface area contributed by atoms with Crippen LogP contribution in [0.15, 0.2) is 30.3 Å². The van der Waals surface area contributed by atoms with Crippen LogP contribution >= 0.6 is 0 Å². The highest BCUT2D eigenvalue weighted by atomic mass is 32.2. The number of amides is 2. The first kappa shape index (κ1) is 22.2. The number of methoxy groups -OCH3 is 3. The Morgan fingerprint density at radius 3 is 2.27 bits per heavy atom. The summed E-state index contributed by atoms with van der Waals surface area (Å²) in [5.41, 5.74) is 0.225. The van der Waals surface area contributed by atoms with E-state index in [1.165, 1.54) is 38.5 Å². The summed E-state index contributed by atoms with van der Waals surface area (Å²) in [7, 11) is -0.508. The fraction of sp³-hybridized carbons (Fsp3) is 0.176. The van der Waals surface area contributed by atoms with E-state index in [2.05, 4.69) is 36.6 Å². The van der Waals surface area contributed by atoms with E-state index in [4.69, 9.17) is 9.47 Å². The molecule has 0 radical (unpaired) electrons. The molecule has 0 bridgehead atoms. The highest BCUT2D eigenvalue weighted by molar-refractivity contribution is 7.91. The first-order valence-corrected chi connectivity index (χ1v) is 9.52. The standard InChI is InChI=1S/C17H17N5O7S/c1-27-13-10-14(28-2)19-16(18-13)20-17(24)22-30(25,26)21-12-7-5-4-6-11(12)8-9-15(23)29-3/h4-7,10,21H,1-3H3,(H2,18,19,20,22,24). The van der Waals surface area contributed by atoms with Crippen molar-refractivity contribution in [1.29, 1.82) is 0 Å². The van der Waals surface area contributed by atoms with Gasteiger partial charge in [-0.15, -0.1) is 0 Å². The summed E-state index contributed by atoms with van der Waals surface area (Å²) in [5.74, 6) is 3.81. The van der Waals surface area contributed by atoms with Crippen LogP contribution in [0.25, 0.3) is 0 Å². The minimum Gasteiger partial charge on any atom is -0.481 e. The lowest BCUT2D eigenvalue weighted by Crippen LogP contribution is -2.38. The number of ether oxygens (including phenoxy) is 3. The van der Waals surface area contributed by atoms with E-state index in [0.717, 1.165) is 7.11 Å². The lowest BCUT2D eigenvalue weighted by atomic mass is 10.2. The van der Waals surface area contributed by atoms with Crippen LogP contribution in [-0.2, 0) is 19.7 Å². The van der Waals surface area contributed by atoms with Crippen LogP contribution < -0.4 is 24.2 Å². The molecule has 3 N–H and O–H groups in total. The van der Waals surface area contributed by atoms with Crippen molar-refractivity contribution < 1.29 is 32.2 Å². The number of hydrogen-bond donors (Lipinski definition) is 3. The summed E-state index contributed by atoms with van der Waals surface area (Å²) in [6, 6.07) is 6.23. The average Bonchev–Trinajstić information content (AvgIpc) is 2.71. The van der Waals surface area contributed by atoms with E-state index >= 15 is 0 Å². The smallest absolute Gasteiger partial charge is 0.384 e. The Balaban J connectivity index is 2.13. The highest BCUT2D eigenvalue weighted by Gasteiger charge is 2.17. The lowest BCUT2D eigenvalue weighted by molar-refractivity contribution is -0.133. The predicted octanol–water partition coefficient (Wildman–Crippen LogP) is 0.497. The van der Waals surface area contributed by atoms with Gasteiger partial charge in [0.15, 0.2) is 0 Å². The second kappa shape index (κ2) is 9.94. The highest BCUT2D eigenvalue weighted by Crippen LogP contribution is 2.17. The zero-order chi connectivity index (χ0) is 22.1. The SMILES string of the molecule is COC(=O)C#Cc1ccccc1NS(=O)(=O)NC(=O)Nc1nc(OC)cc(OC)n1. The van der Waals surface area contributed by atoms with Crippen molar-refractivity contribution in [3.8, 4) is 23.6 Å². The zero-order valence-electron chi connectivity index (χ0n) is 16.0. The number of carbonyl (C=O) groups excluding carboxylic acids is 2. The molecule has 1 aromatic heterocycles. The molecule has 0 aliphatic carbocycles. The number of urea groups is 1. The Bertz CT molecular complexity index is 1090. The number of nitrogens with one attached hydrogen (secondary N) is 3. The van der Waals surface area contributed by atoms with Crippen molar-refractivity contribution in [2.45, 2.75) is 0 Å². The third-order valence-electron chi connectivity index (χ3n) is 3.21. The summed E-state index contributed by atoms with van der Waals surface area (Å²) in [6.45, 7) is 0. The number of carbonyl (C=O) groups is 2. The fourth-order valence-corrected chi connectivity index (χ4v) is 2.75. The molecule has 0 atom stereocenters. The van der Waals surface area contributed by atoms with Gasteiger partial charge in [0, 0.05) is 11.5 Å². The summed E-state index contributed by atoms with van der Waals surface area (Å²) >= 11 is 0. The molecule has 2 rings (SSSR count). The van der Waals surface area contributed by atoms with Crippen molar-refractivity contribution in [2.75, 3.05) is 31.4 Å². The van der Waals surface area contributed by atoms with Gasteiger partial charge in [0.05, 0.1) is 33.1 Å². The summed E-state index contributed by atoms with van der Waals surface area (Å²) in [4.78, 5) is 30.9. The normalized spacial score (nSPS) is 10.1. The van der Waals surface area contributed by atoms with Gasteiger partial charge >= 0.3 is 22.2 Å². The predicted molar refractivity (Wildman–Crippen MR) is 105 cm³/mol. The largest absolute Gasteiger partial charge is 0.481 e. The molecule has 2 amide bonds. The summed E-state index contributed by atoms with van der Waals surface area (Å²) in [5, 5.41) is 2.15. The van der Waals surface area contributed by atoms with Gasteiger partial charge in [0.25, 0.3) is 0 Å². The maximum absolute atomic E-state index is 12.3. The number of hydrogen-bond acceptors (Lipinski definition) is 9. The molecule has 0 spiro atoms. The molecule has 12 nitrogen and oxygen atoms in total. The van der Waals surface area contributed by atoms with Crippen molar-refractivity contribution >= 4 is 33.8 Å². The van der Waals surface area contributed by atoms with Gasteiger partial charge < -0.3 is 14.2 Å². The molecule has 1 aromatic carbocycles. The number of nitrogens with zero attached hydrogens (tertiary/aromatic N) is 2. The first-order valence-electron chi connectivity index (χ1n) is 8.04. The number of benzene rings is 1.